The molecule has 0 atom stereocenters. The molecule has 104 valence electrons. The van der Waals surface area contributed by atoms with Crippen molar-refractivity contribution in [2.45, 2.75) is 33.7 Å². The molecule has 1 aromatic heterocycles. The maximum absolute atomic E-state index is 9.02. The topological polar surface area (TPSA) is 50.8 Å². The van der Waals surface area contributed by atoms with Crippen LogP contribution in [0.5, 0.6) is 5.75 Å². The van der Waals surface area contributed by atoms with Gasteiger partial charge in [-0.2, -0.15) is 10.4 Å². The second kappa shape index (κ2) is 5.79. The number of methoxy groups -OCH3 is 1. The highest BCUT2D eigenvalue weighted by Gasteiger charge is 2.12. The number of hydrogen-bond donors (Lipinski definition) is 0. The van der Waals surface area contributed by atoms with Crippen LogP contribution in [0.3, 0.4) is 0 Å². The maximum Gasteiger partial charge on any atom is 0.124 e. The van der Waals surface area contributed by atoms with Gasteiger partial charge in [-0.25, -0.2) is 0 Å². The quantitative estimate of drug-likeness (QED) is 0.857. The Morgan fingerprint density at radius 3 is 2.65 bits per heavy atom. The number of nitriles is 1. The molecule has 0 fully saturated rings. The third-order valence-corrected chi connectivity index (χ3v) is 3.61. The minimum absolute atomic E-state index is 0.616. The monoisotopic (exact) mass is 269 g/mol. The Morgan fingerprint density at radius 1 is 1.35 bits per heavy atom. The van der Waals surface area contributed by atoms with Gasteiger partial charge in [-0.1, -0.05) is 6.92 Å². The van der Waals surface area contributed by atoms with E-state index in [-0.39, 0.29) is 0 Å². The highest BCUT2D eigenvalue weighted by atomic mass is 16.5. The van der Waals surface area contributed by atoms with E-state index in [1.165, 1.54) is 11.3 Å². The summed E-state index contributed by atoms with van der Waals surface area (Å²) in [6, 6.07) is 7.62. The van der Waals surface area contributed by atoms with Crippen LogP contribution in [0.1, 0.15) is 35.0 Å². The number of hydrogen-bond acceptors (Lipinski definition) is 3. The number of rotatable bonds is 4. The van der Waals surface area contributed by atoms with E-state index in [1.54, 1.807) is 13.2 Å². The number of aryl methyl sites for hydroxylation is 1. The highest BCUT2D eigenvalue weighted by Crippen LogP contribution is 2.22. The summed E-state index contributed by atoms with van der Waals surface area (Å²) >= 11 is 0. The molecule has 4 heteroatoms. The molecule has 2 aromatic rings. The third kappa shape index (κ3) is 2.53. The van der Waals surface area contributed by atoms with Gasteiger partial charge in [0.05, 0.1) is 31.0 Å². The van der Waals surface area contributed by atoms with Crippen molar-refractivity contribution in [3.8, 4) is 11.8 Å². The van der Waals surface area contributed by atoms with Crippen molar-refractivity contribution in [2.24, 2.45) is 0 Å². The predicted octanol–water partition coefficient (Wildman–Crippen LogP) is 2.99. The van der Waals surface area contributed by atoms with Crippen molar-refractivity contribution in [3.63, 3.8) is 0 Å². The fraction of sp³-hybridized carbons (Fsp3) is 0.375. The minimum atomic E-state index is 0.616. The van der Waals surface area contributed by atoms with Crippen LogP contribution in [0.25, 0.3) is 0 Å². The molecule has 0 aliphatic rings. The maximum atomic E-state index is 9.02. The molecule has 0 saturated carbocycles. The summed E-state index contributed by atoms with van der Waals surface area (Å²) < 4.78 is 7.35. The lowest BCUT2D eigenvalue weighted by Gasteiger charge is -2.10. The first-order valence-corrected chi connectivity index (χ1v) is 6.70. The summed E-state index contributed by atoms with van der Waals surface area (Å²) in [7, 11) is 1.64. The standard InChI is InChI=1S/C16H19N3O/c1-5-15-11(2)18-19(12(15)3)10-14-8-13(9-17)6-7-16(14)20-4/h6-8H,5,10H2,1-4H3. The van der Waals surface area contributed by atoms with Gasteiger partial charge in [0.15, 0.2) is 0 Å². The van der Waals surface area contributed by atoms with Crippen LogP contribution in [-0.2, 0) is 13.0 Å². The molecule has 4 nitrogen and oxygen atoms in total. The van der Waals surface area contributed by atoms with E-state index in [4.69, 9.17) is 10.00 Å². The molecule has 0 spiro atoms. The van der Waals surface area contributed by atoms with Gasteiger partial charge in [0, 0.05) is 11.3 Å². The Hall–Kier alpha value is -2.28. The molecule has 1 heterocycles. The van der Waals surface area contributed by atoms with Crippen LogP contribution in [0, 0.1) is 25.2 Å². The molecular formula is C16H19N3O. The fourth-order valence-corrected chi connectivity index (χ4v) is 2.53. The summed E-state index contributed by atoms with van der Waals surface area (Å²) in [5.74, 6) is 0.787. The minimum Gasteiger partial charge on any atom is -0.496 e. The Bertz CT molecular complexity index is 665. The van der Waals surface area contributed by atoms with Gasteiger partial charge in [-0.3, -0.25) is 4.68 Å². The molecular weight excluding hydrogens is 250 g/mol. The molecule has 20 heavy (non-hydrogen) atoms. The SMILES string of the molecule is CCc1c(C)nn(Cc2cc(C#N)ccc2OC)c1C. The lowest BCUT2D eigenvalue weighted by atomic mass is 10.1. The Morgan fingerprint density at radius 2 is 2.10 bits per heavy atom. The van der Waals surface area contributed by atoms with Crippen molar-refractivity contribution >= 4 is 0 Å². The first-order chi connectivity index (χ1) is 9.60. The summed E-state index contributed by atoms with van der Waals surface area (Å²) in [4.78, 5) is 0. The highest BCUT2D eigenvalue weighted by molar-refractivity contribution is 5.42. The van der Waals surface area contributed by atoms with Gasteiger partial charge < -0.3 is 4.74 Å². The Labute approximate surface area is 119 Å². The van der Waals surface area contributed by atoms with Crippen LogP contribution in [0.2, 0.25) is 0 Å². The van der Waals surface area contributed by atoms with E-state index in [0.717, 1.165) is 23.4 Å². The van der Waals surface area contributed by atoms with Crippen LogP contribution in [0.4, 0.5) is 0 Å². The lowest BCUT2D eigenvalue weighted by molar-refractivity contribution is 0.407. The Kier molecular flexibility index (Phi) is 4.09. The molecule has 0 radical (unpaired) electrons. The van der Waals surface area contributed by atoms with E-state index >= 15 is 0 Å². The molecule has 2 rings (SSSR count). The first kappa shape index (κ1) is 14.1. The van der Waals surface area contributed by atoms with Crippen LogP contribution >= 0.6 is 0 Å². The van der Waals surface area contributed by atoms with Gasteiger partial charge in [0.1, 0.15) is 5.75 Å². The first-order valence-electron chi connectivity index (χ1n) is 6.70. The van der Waals surface area contributed by atoms with Gasteiger partial charge in [0.25, 0.3) is 0 Å². The fourth-order valence-electron chi connectivity index (χ4n) is 2.53. The second-order valence-corrected chi connectivity index (χ2v) is 4.80. The molecule has 0 unspecified atom stereocenters. The van der Waals surface area contributed by atoms with Gasteiger partial charge in [-0.15, -0.1) is 0 Å². The van der Waals surface area contributed by atoms with Gasteiger partial charge in [-0.05, 0) is 44.0 Å². The zero-order chi connectivity index (χ0) is 14.7. The number of aromatic nitrogens is 2. The molecule has 1 aromatic carbocycles. The van der Waals surface area contributed by atoms with Crippen molar-refractivity contribution < 1.29 is 4.74 Å². The zero-order valence-corrected chi connectivity index (χ0v) is 12.4. The summed E-state index contributed by atoms with van der Waals surface area (Å²) in [5, 5.41) is 13.6. The Balaban J connectivity index is 2.42. The second-order valence-electron chi connectivity index (χ2n) is 4.80. The molecule has 0 bridgehead atoms. The molecule has 0 amide bonds. The van der Waals surface area contributed by atoms with Crippen LogP contribution in [0.15, 0.2) is 18.2 Å². The normalized spacial score (nSPS) is 10.3. The van der Waals surface area contributed by atoms with Crippen molar-refractivity contribution in [3.05, 3.63) is 46.3 Å². The van der Waals surface area contributed by atoms with E-state index in [1.807, 2.05) is 23.7 Å². The van der Waals surface area contributed by atoms with Crippen molar-refractivity contribution in [2.75, 3.05) is 7.11 Å². The van der Waals surface area contributed by atoms with E-state index in [0.29, 0.717) is 12.1 Å². The molecule has 0 aliphatic carbocycles. The van der Waals surface area contributed by atoms with Crippen LogP contribution < -0.4 is 4.74 Å². The molecule has 0 N–H and O–H groups in total. The largest absolute Gasteiger partial charge is 0.496 e. The van der Waals surface area contributed by atoms with Crippen LogP contribution in [-0.4, -0.2) is 16.9 Å². The van der Waals surface area contributed by atoms with E-state index in [9.17, 15) is 0 Å². The summed E-state index contributed by atoms with van der Waals surface area (Å²) in [6.45, 7) is 6.87. The molecule has 0 aliphatic heterocycles. The predicted molar refractivity (Wildman–Crippen MR) is 77.9 cm³/mol. The van der Waals surface area contributed by atoms with Crippen molar-refractivity contribution in [1.82, 2.24) is 9.78 Å². The van der Waals surface area contributed by atoms with Crippen molar-refractivity contribution in [1.29, 1.82) is 5.26 Å². The third-order valence-electron chi connectivity index (χ3n) is 3.61. The van der Waals surface area contributed by atoms with E-state index < -0.39 is 0 Å². The number of benzene rings is 1. The average molecular weight is 269 g/mol. The number of ether oxygens (including phenoxy) is 1. The molecule has 0 saturated heterocycles. The average Bonchev–Trinajstić information content (AvgIpc) is 2.72. The zero-order valence-electron chi connectivity index (χ0n) is 12.4. The smallest absolute Gasteiger partial charge is 0.124 e. The van der Waals surface area contributed by atoms with Gasteiger partial charge >= 0.3 is 0 Å². The van der Waals surface area contributed by atoms with Gasteiger partial charge in [0.2, 0.25) is 0 Å². The number of nitrogens with zero attached hydrogens (tertiary/aromatic N) is 3. The lowest BCUT2D eigenvalue weighted by Crippen LogP contribution is -2.06. The summed E-state index contributed by atoms with van der Waals surface area (Å²) in [5.41, 5.74) is 5.15. The van der Waals surface area contributed by atoms with E-state index in [2.05, 4.69) is 25.0 Å². The summed E-state index contributed by atoms with van der Waals surface area (Å²) in [6.07, 6.45) is 0.979.